The molecule has 1 aliphatic heterocycles. The first-order valence-corrected chi connectivity index (χ1v) is 12.3. The van der Waals surface area contributed by atoms with Crippen molar-refractivity contribution in [3.63, 3.8) is 0 Å². The van der Waals surface area contributed by atoms with Crippen molar-refractivity contribution in [2.75, 3.05) is 11.9 Å². The molecule has 0 spiro atoms. The van der Waals surface area contributed by atoms with Crippen molar-refractivity contribution in [2.45, 2.75) is 38.6 Å². The van der Waals surface area contributed by atoms with Crippen molar-refractivity contribution in [1.82, 2.24) is 19.7 Å². The summed E-state index contributed by atoms with van der Waals surface area (Å²) in [5.74, 6) is -0.997. The van der Waals surface area contributed by atoms with Crippen molar-refractivity contribution in [1.29, 1.82) is 0 Å². The number of Topliss-reactive ketones (excluding diaryl/α,β-unsaturated/α-hetero) is 1. The number of amides is 2. The van der Waals surface area contributed by atoms with Gasteiger partial charge in [0.15, 0.2) is 5.78 Å². The topological polar surface area (TPSA) is 123 Å². The number of nitrogens with one attached hydrogen (secondary N) is 1. The molecule has 0 saturated carbocycles. The second kappa shape index (κ2) is 10.5. The number of rotatable bonds is 7. The van der Waals surface area contributed by atoms with Gasteiger partial charge in [0.2, 0.25) is 11.8 Å². The van der Waals surface area contributed by atoms with Gasteiger partial charge in [0.05, 0.1) is 18.9 Å². The van der Waals surface area contributed by atoms with Crippen molar-refractivity contribution in [2.24, 2.45) is 5.73 Å². The van der Waals surface area contributed by atoms with Crippen molar-refractivity contribution >= 4 is 34.2 Å². The average molecular weight is 515 g/mol. The highest BCUT2D eigenvalue weighted by molar-refractivity contribution is 6.08. The number of likely N-dealkylation sites (tertiary alicyclic amines) is 1. The maximum Gasteiger partial charge on any atom is 0.247 e. The second-order valence-corrected chi connectivity index (χ2v) is 9.38. The van der Waals surface area contributed by atoms with Crippen LogP contribution >= 0.6 is 0 Å². The lowest BCUT2D eigenvalue weighted by atomic mass is 10.0. The Balaban J connectivity index is 1.38. The summed E-state index contributed by atoms with van der Waals surface area (Å²) in [5.41, 5.74) is 9.94. The number of carbonyl (C=O) groups excluding carboxylic acids is 3. The number of ketones is 1. The Morgan fingerprint density at radius 3 is 2.55 bits per heavy atom. The fourth-order valence-electron chi connectivity index (χ4n) is 4.84. The van der Waals surface area contributed by atoms with E-state index < -0.39 is 24.0 Å². The molecule has 0 bridgehead atoms. The number of hydrogen-bond donors (Lipinski definition) is 2. The van der Waals surface area contributed by atoms with E-state index in [9.17, 15) is 18.8 Å². The zero-order valence-electron chi connectivity index (χ0n) is 20.8. The van der Waals surface area contributed by atoms with Crippen LogP contribution in [0.2, 0.25) is 0 Å². The first-order chi connectivity index (χ1) is 18.3. The minimum Gasteiger partial charge on any atom is -0.337 e. The number of anilines is 1. The van der Waals surface area contributed by atoms with Gasteiger partial charge < -0.3 is 20.5 Å². The number of halogens is 1. The maximum atomic E-state index is 14.4. The van der Waals surface area contributed by atoms with Crippen molar-refractivity contribution < 1.29 is 18.8 Å². The van der Waals surface area contributed by atoms with Gasteiger partial charge in [-0.1, -0.05) is 18.2 Å². The van der Waals surface area contributed by atoms with E-state index in [1.165, 1.54) is 11.8 Å². The quantitative estimate of drug-likeness (QED) is 0.365. The molecular formula is C28H27FN6O3. The zero-order valence-corrected chi connectivity index (χ0v) is 20.8. The predicted octanol–water partition coefficient (Wildman–Crippen LogP) is 3.34. The molecule has 2 aromatic carbocycles. The molecule has 9 nitrogen and oxygen atoms in total. The summed E-state index contributed by atoms with van der Waals surface area (Å²) in [4.78, 5) is 40.1. The minimum absolute atomic E-state index is 0.0765. The fraction of sp³-hybridized carbons (Fsp3) is 0.250. The SMILES string of the molecule is CC(=O)c1cn(CC(=O)N2C[C@H](F)CC2C(=O)Nc2ccc(CN)cc2)c2ccc(-c3ccnnc3)cc12. The van der Waals surface area contributed by atoms with Crippen LogP contribution in [-0.2, 0) is 22.7 Å². The van der Waals surface area contributed by atoms with Crippen LogP contribution in [0.1, 0.15) is 29.3 Å². The molecule has 3 heterocycles. The molecule has 4 aromatic rings. The van der Waals surface area contributed by atoms with E-state index in [2.05, 4.69) is 15.5 Å². The number of nitrogens with two attached hydrogens (primary N) is 1. The van der Waals surface area contributed by atoms with E-state index >= 15 is 0 Å². The lowest BCUT2D eigenvalue weighted by Gasteiger charge is -2.24. The van der Waals surface area contributed by atoms with Gasteiger partial charge in [-0.15, -0.1) is 0 Å². The van der Waals surface area contributed by atoms with Gasteiger partial charge in [0, 0.05) is 46.9 Å². The first-order valence-electron chi connectivity index (χ1n) is 12.3. The Morgan fingerprint density at radius 1 is 1.08 bits per heavy atom. The number of hydrogen-bond acceptors (Lipinski definition) is 6. The molecule has 194 valence electrons. The van der Waals surface area contributed by atoms with E-state index in [1.54, 1.807) is 47.4 Å². The number of carbonyl (C=O) groups is 3. The predicted molar refractivity (Wildman–Crippen MR) is 141 cm³/mol. The third-order valence-corrected chi connectivity index (χ3v) is 6.81. The monoisotopic (exact) mass is 514 g/mol. The van der Waals surface area contributed by atoms with E-state index in [0.29, 0.717) is 28.7 Å². The van der Waals surface area contributed by atoms with Crippen LogP contribution in [0, 0.1) is 0 Å². The van der Waals surface area contributed by atoms with Gasteiger partial charge >= 0.3 is 0 Å². The van der Waals surface area contributed by atoms with Crippen molar-refractivity contribution in [3.05, 3.63) is 78.2 Å². The standard InChI is InChI=1S/C28H27FN6O3/c1-17(36)24-15-34(25-7-4-19(10-23(24)25)20-8-9-31-32-13-20)16-27(37)35-14-21(29)11-26(35)28(38)33-22-5-2-18(12-30)3-6-22/h2-10,13,15,21,26H,11-12,14,16,30H2,1H3,(H,33,38)/t21-,26?/m1/s1. The lowest BCUT2D eigenvalue weighted by Crippen LogP contribution is -2.44. The molecule has 0 radical (unpaired) electrons. The van der Waals surface area contributed by atoms with Crippen LogP contribution in [0.5, 0.6) is 0 Å². The van der Waals surface area contributed by atoms with Gasteiger partial charge in [-0.3, -0.25) is 14.4 Å². The molecule has 0 aliphatic carbocycles. The molecule has 1 aliphatic rings. The van der Waals surface area contributed by atoms with Gasteiger partial charge in [-0.05, 0) is 48.4 Å². The Morgan fingerprint density at radius 2 is 1.87 bits per heavy atom. The van der Waals surface area contributed by atoms with E-state index in [1.807, 2.05) is 24.3 Å². The zero-order chi connectivity index (χ0) is 26.8. The Labute approximate surface area is 218 Å². The normalized spacial score (nSPS) is 17.1. The maximum absolute atomic E-state index is 14.4. The lowest BCUT2D eigenvalue weighted by molar-refractivity contribution is -0.137. The highest BCUT2D eigenvalue weighted by Gasteiger charge is 2.40. The number of alkyl halides is 1. The number of fused-ring (bicyclic) bond motifs is 1. The summed E-state index contributed by atoms with van der Waals surface area (Å²) in [5, 5.41) is 11.2. The summed E-state index contributed by atoms with van der Waals surface area (Å²) in [7, 11) is 0. The van der Waals surface area contributed by atoms with Gasteiger partial charge in [0.25, 0.3) is 0 Å². The molecule has 3 N–H and O–H groups in total. The number of aromatic nitrogens is 3. The molecule has 1 fully saturated rings. The van der Waals surface area contributed by atoms with E-state index in [-0.39, 0.29) is 25.3 Å². The van der Waals surface area contributed by atoms with Crippen LogP contribution in [0.4, 0.5) is 10.1 Å². The smallest absolute Gasteiger partial charge is 0.247 e. The summed E-state index contributed by atoms with van der Waals surface area (Å²) < 4.78 is 16.1. The second-order valence-electron chi connectivity index (χ2n) is 9.38. The third kappa shape index (κ3) is 5.03. The number of nitrogens with zero attached hydrogens (tertiary/aromatic N) is 4. The summed E-state index contributed by atoms with van der Waals surface area (Å²) in [6, 6.07) is 13.5. The number of benzene rings is 2. The molecular weight excluding hydrogens is 487 g/mol. The molecule has 38 heavy (non-hydrogen) atoms. The highest BCUT2D eigenvalue weighted by Crippen LogP contribution is 2.29. The molecule has 2 atom stereocenters. The van der Waals surface area contributed by atoms with E-state index in [0.717, 1.165) is 16.7 Å². The van der Waals surface area contributed by atoms with Gasteiger partial charge in [-0.2, -0.15) is 10.2 Å². The average Bonchev–Trinajstić information content (AvgIpc) is 3.50. The Bertz CT molecular complexity index is 1500. The fourth-order valence-corrected chi connectivity index (χ4v) is 4.84. The van der Waals surface area contributed by atoms with Gasteiger partial charge in [0.1, 0.15) is 18.8 Å². The first kappa shape index (κ1) is 25.2. The molecule has 2 amide bonds. The summed E-state index contributed by atoms with van der Waals surface area (Å²) in [6.45, 7) is 1.54. The van der Waals surface area contributed by atoms with Crippen LogP contribution < -0.4 is 11.1 Å². The molecule has 10 heteroatoms. The van der Waals surface area contributed by atoms with Crippen LogP contribution in [0.25, 0.3) is 22.0 Å². The van der Waals surface area contributed by atoms with E-state index in [4.69, 9.17) is 5.73 Å². The Kier molecular flexibility index (Phi) is 6.97. The van der Waals surface area contributed by atoms with Gasteiger partial charge in [-0.25, -0.2) is 4.39 Å². The third-order valence-electron chi connectivity index (χ3n) is 6.81. The van der Waals surface area contributed by atoms with Crippen LogP contribution in [-0.4, -0.2) is 56.0 Å². The molecule has 1 unspecified atom stereocenters. The van der Waals surface area contributed by atoms with Crippen molar-refractivity contribution in [3.8, 4) is 11.1 Å². The van der Waals surface area contributed by atoms with Crippen LogP contribution in [0.15, 0.2) is 67.1 Å². The van der Waals surface area contributed by atoms with Crippen LogP contribution in [0.3, 0.4) is 0 Å². The summed E-state index contributed by atoms with van der Waals surface area (Å²) in [6.07, 6.45) is 3.47. The largest absolute Gasteiger partial charge is 0.337 e. The Hall–Kier alpha value is -4.44. The summed E-state index contributed by atoms with van der Waals surface area (Å²) >= 11 is 0. The molecule has 2 aromatic heterocycles. The molecule has 1 saturated heterocycles. The molecule has 5 rings (SSSR count). The highest BCUT2D eigenvalue weighted by atomic mass is 19.1. The minimum atomic E-state index is -1.31.